The highest BCUT2D eigenvalue weighted by Gasteiger charge is 2.21. The fourth-order valence-corrected chi connectivity index (χ4v) is 2.88. The molecule has 0 spiro atoms. The Morgan fingerprint density at radius 3 is 2.95 bits per heavy atom. The van der Waals surface area contributed by atoms with Gasteiger partial charge in [0.2, 0.25) is 0 Å². The van der Waals surface area contributed by atoms with E-state index in [2.05, 4.69) is 5.10 Å². The number of aliphatic hydroxyl groups is 1. The Hall–Kier alpha value is -0.580. The molecule has 0 radical (unpaired) electrons. The lowest BCUT2D eigenvalue weighted by molar-refractivity contribution is -0.0150. The summed E-state index contributed by atoms with van der Waals surface area (Å²) in [5, 5.41) is 15.3. The first kappa shape index (κ1) is 14.8. The molecule has 2 atom stereocenters. The molecule has 1 aliphatic heterocycles. The Morgan fingerprint density at radius 2 is 2.32 bits per heavy atom. The zero-order valence-corrected chi connectivity index (χ0v) is 12.5. The van der Waals surface area contributed by atoms with Crippen LogP contribution in [0.4, 0.5) is 0 Å². The van der Waals surface area contributed by atoms with E-state index in [4.69, 9.17) is 16.3 Å². The van der Waals surface area contributed by atoms with Crippen LogP contribution in [0.2, 0.25) is 5.02 Å². The quantitative estimate of drug-likeness (QED) is 0.905. The Bertz CT molecular complexity index is 414. The number of rotatable bonds is 5. The summed E-state index contributed by atoms with van der Waals surface area (Å²) in [6, 6.07) is 0. The average molecular weight is 287 g/mol. The van der Waals surface area contributed by atoms with Gasteiger partial charge in [-0.1, -0.05) is 11.6 Å². The van der Waals surface area contributed by atoms with E-state index in [1.165, 1.54) is 6.42 Å². The highest BCUT2D eigenvalue weighted by atomic mass is 35.5. The molecule has 0 aliphatic carbocycles. The molecule has 1 fully saturated rings. The van der Waals surface area contributed by atoms with Crippen molar-refractivity contribution >= 4 is 11.6 Å². The molecule has 1 saturated heterocycles. The molecule has 2 unspecified atom stereocenters. The molecule has 0 amide bonds. The van der Waals surface area contributed by atoms with Crippen molar-refractivity contribution in [3.05, 3.63) is 16.4 Å². The Kier molecular flexibility index (Phi) is 5.25. The van der Waals surface area contributed by atoms with E-state index in [0.717, 1.165) is 37.4 Å². The lowest BCUT2D eigenvalue weighted by atomic mass is 10.0. The summed E-state index contributed by atoms with van der Waals surface area (Å²) in [5.74, 6) is 0. The second kappa shape index (κ2) is 6.73. The maximum atomic E-state index is 10.2. The SMILES string of the molecule is CCn1nc(C)c(Cl)c1CC(O)CC1CCCCO1. The van der Waals surface area contributed by atoms with Gasteiger partial charge < -0.3 is 9.84 Å². The Labute approximate surface area is 119 Å². The third-order valence-electron chi connectivity index (χ3n) is 3.69. The van der Waals surface area contributed by atoms with Crippen LogP contribution in [0.25, 0.3) is 0 Å². The second-order valence-electron chi connectivity index (χ2n) is 5.24. The first-order valence-corrected chi connectivity index (χ1v) is 7.51. The molecule has 1 aromatic rings. The van der Waals surface area contributed by atoms with Crippen LogP contribution in [-0.4, -0.2) is 33.7 Å². The Balaban J connectivity index is 1.96. The molecular weight excluding hydrogens is 264 g/mol. The van der Waals surface area contributed by atoms with Crippen molar-refractivity contribution in [3.8, 4) is 0 Å². The molecule has 0 saturated carbocycles. The summed E-state index contributed by atoms with van der Waals surface area (Å²) in [6.07, 6.45) is 4.41. The highest BCUT2D eigenvalue weighted by Crippen LogP contribution is 2.24. The number of ether oxygens (including phenoxy) is 1. The minimum Gasteiger partial charge on any atom is -0.393 e. The molecule has 2 rings (SSSR count). The monoisotopic (exact) mass is 286 g/mol. The summed E-state index contributed by atoms with van der Waals surface area (Å²) >= 11 is 6.25. The normalized spacial score (nSPS) is 21.6. The first-order chi connectivity index (χ1) is 9.11. The zero-order valence-electron chi connectivity index (χ0n) is 11.7. The number of aryl methyl sites for hydroxylation is 2. The Morgan fingerprint density at radius 1 is 1.53 bits per heavy atom. The van der Waals surface area contributed by atoms with E-state index in [9.17, 15) is 5.11 Å². The van der Waals surface area contributed by atoms with Gasteiger partial charge in [-0.2, -0.15) is 5.10 Å². The van der Waals surface area contributed by atoms with Crippen LogP contribution in [0.5, 0.6) is 0 Å². The van der Waals surface area contributed by atoms with Crippen LogP contribution in [0.15, 0.2) is 0 Å². The van der Waals surface area contributed by atoms with Crippen LogP contribution in [0.3, 0.4) is 0 Å². The van der Waals surface area contributed by atoms with Crippen molar-refractivity contribution < 1.29 is 9.84 Å². The molecule has 5 heteroatoms. The molecule has 19 heavy (non-hydrogen) atoms. The van der Waals surface area contributed by atoms with Crippen molar-refractivity contribution in [3.63, 3.8) is 0 Å². The topological polar surface area (TPSA) is 47.3 Å². The van der Waals surface area contributed by atoms with Crippen molar-refractivity contribution in [1.82, 2.24) is 9.78 Å². The van der Waals surface area contributed by atoms with Gasteiger partial charge in [-0.15, -0.1) is 0 Å². The smallest absolute Gasteiger partial charge is 0.0848 e. The van der Waals surface area contributed by atoms with Crippen LogP contribution in [0.1, 0.15) is 44.0 Å². The molecule has 0 bridgehead atoms. The van der Waals surface area contributed by atoms with Gasteiger partial charge >= 0.3 is 0 Å². The molecular formula is C14H23ClN2O2. The number of halogens is 1. The summed E-state index contributed by atoms with van der Waals surface area (Å²) in [4.78, 5) is 0. The van der Waals surface area contributed by atoms with Gasteiger partial charge in [-0.05, 0) is 39.5 Å². The molecule has 2 heterocycles. The fraction of sp³-hybridized carbons (Fsp3) is 0.786. The highest BCUT2D eigenvalue weighted by molar-refractivity contribution is 6.31. The maximum absolute atomic E-state index is 10.2. The van der Waals surface area contributed by atoms with Gasteiger partial charge in [0.05, 0.1) is 28.6 Å². The van der Waals surface area contributed by atoms with Crippen molar-refractivity contribution in [2.75, 3.05) is 6.61 Å². The van der Waals surface area contributed by atoms with Crippen LogP contribution in [0, 0.1) is 6.92 Å². The first-order valence-electron chi connectivity index (χ1n) is 7.13. The van der Waals surface area contributed by atoms with E-state index >= 15 is 0 Å². The second-order valence-corrected chi connectivity index (χ2v) is 5.62. The lowest BCUT2D eigenvalue weighted by Gasteiger charge is -2.24. The largest absolute Gasteiger partial charge is 0.393 e. The number of hydrogen-bond acceptors (Lipinski definition) is 3. The third kappa shape index (κ3) is 3.71. The van der Waals surface area contributed by atoms with E-state index < -0.39 is 6.10 Å². The predicted octanol–water partition coefficient (Wildman–Crippen LogP) is 2.73. The standard InChI is InChI=1S/C14H23ClN2O2/c1-3-17-13(14(15)10(2)16-17)9-11(18)8-12-6-4-5-7-19-12/h11-12,18H,3-9H2,1-2H3. The van der Waals surface area contributed by atoms with Crippen LogP contribution in [-0.2, 0) is 17.7 Å². The van der Waals surface area contributed by atoms with Gasteiger partial charge in [0.15, 0.2) is 0 Å². The summed E-state index contributed by atoms with van der Waals surface area (Å²) in [6.45, 7) is 5.53. The van der Waals surface area contributed by atoms with Gasteiger partial charge in [-0.3, -0.25) is 4.68 Å². The molecule has 1 aromatic heterocycles. The molecule has 0 aromatic carbocycles. The van der Waals surface area contributed by atoms with Gasteiger partial charge in [0.25, 0.3) is 0 Å². The lowest BCUT2D eigenvalue weighted by Crippen LogP contribution is -2.26. The van der Waals surface area contributed by atoms with E-state index in [-0.39, 0.29) is 6.10 Å². The van der Waals surface area contributed by atoms with Crippen molar-refractivity contribution in [2.45, 2.75) is 64.7 Å². The van der Waals surface area contributed by atoms with Crippen molar-refractivity contribution in [1.29, 1.82) is 0 Å². The number of aromatic nitrogens is 2. The molecule has 4 nitrogen and oxygen atoms in total. The minimum atomic E-state index is -0.415. The fourth-order valence-electron chi connectivity index (χ4n) is 2.67. The van der Waals surface area contributed by atoms with Gasteiger partial charge in [-0.25, -0.2) is 0 Å². The van der Waals surface area contributed by atoms with E-state index in [1.54, 1.807) is 0 Å². The molecule has 1 N–H and O–H groups in total. The third-order valence-corrected chi connectivity index (χ3v) is 4.18. The van der Waals surface area contributed by atoms with Crippen molar-refractivity contribution in [2.24, 2.45) is 0 Å². The number of aliphatic hydroxyl groups excluding tert-OH is 1. The minimum absolute atomic E-state index is 0.196. The average Bonchev–Trinajstić information content (AvgIpc) is 2.67. The van der Waals surface area contributed by atoms with Gasteiger partial charge in [0, 0.05) is 19.6 Å². The number of hydrogen-bond donors (Lipinski definition) is 1. The molecule has 1 aliphatic rings. The van der Waals surface area contributed by atoms with E-state index in [1.807, 2.05) is 18.5 Å². The van der Waals surface area contributed by atoms with Crippen LogP contribution >= 0.6 is 11.6 Å². The predicted molar refractivity (Wildman–Crippen MR) is 75.6 cm³/mol. The maximum Gasteiger partial charge on any atom is 0.0848 e. The summed E-state index contributed by atoms with van der Waals surface area (Å²) in [7, 11) is 0. The summed E-state index contributed by atoms with van der Waals surface area (Å²) in [5.41, 5.74) is 1.77. The van der Waals surface area contributed by atoms with Crippen LogP contribution < -0.4 is 0 Å². The molecule has 108 valence electrons. The number of nitrogens with zero attached hydrogens (tertiary/aromatic N) is 2. The zero-order chi connectivity index (χ0) is 13.8. The van der Waals surface area contributed by atoms with Gasteiger partial charge in [0.1, 0.15) is 0 Å². The van der Waals surface area contributed by atoms with E-state index in [0.29, 0.717) is 17.9 Å². The summed E-state index contributed by atoms with van der Waals surface area (Å²) < 4.78 is 7.54.